The van der Waals surface area contributed by atoms with Crippen LogP contribution in [0.25, 0.3) is 0 Å². The molecular weight excluding hydrogens is 230 g/mol. The van der Waals surface area contributed by atoms with Crippen LogP contribution in [-0.4, -0.2) is 39.6 Å². The van der Waals surface area contributed by atoms with Crippen LogP contribution < -0.4 is 10.1 Å². The fourth-order valence-corrected chi connectivity index (χ4v) is 2.28. The molecule has 1 aliphatic rings. The van der Waals surface area contributed by atoms with Crippen molar-refractivity contribution >= 4 is 0 Å². The first-order valence-electron chi connectivity index (χ1n) is 6.42. The Hall–Kier alpha value is -1.10. The van der Waals surface area contributed by atoms with E-state index in [1.54, 1.807) is 7.11 Å². The molecule has 1 N–H and O–H groups in total. The highest BCUT2D eigenvalue weighted by molar-refractivity contribution is 5.36. The quantitative estimate of drug-likeness (QED) is 0.865. The predicted molar refractivity (Wildman–Crippen MR) is 70.0 cm³/mol. The second-order valence-electron chi connectivity index (χ2n) is 4.26. The topological polar surface area (TPSA) is 39.7 Å². The number of nitrogens with one attached hydrogen (secondary N) is 1. The summed E-state index contributed by atoms with van der Waals surface area (Å²) in [5.41, 5.74) is 1.12. The number of rotatable bonds is 5. The first-order valence-corrected chi connectivity index (χ1v) is 6.42. The average molecular weight is 251 g/mol. The lowest BCUT2D eigenvalue weighted by Gasteiger charge is -2.32. The Kier molecular flexibility index (Phi) is 4.99. The number of methoxy groups -OCH3 is 1. The summed E-state index contributed by atoms with van der Waals surface area (Å²) in [6.45, 7) is 4.92. The van der Waals surface area contributed by atoms with Gasteiger partial charge >= 0.3 is 0 Å². The minimum atomic E-state index is 0.0370. The molecule has 1 heterocycles. The van der Waals surface area contributed by atoms with E-state index in [1.165, 1.54) is 0 Å². The van der Waals surface area contributed by atoms with Crippen LogP contribution in [0, 0.1) is 0 Å². The maximum atomic E-state index is 5.80. The third-order valence-electron chi connectivity index (χ3n) is 3.11. The molecule has 2 unspecified atom stereocenters. The molecule has 0 bridgehead atoms. The van der Waals surface area contributed by atoms with Crippen molar-refractivity contribution < 1.29 is 14.2 Å². The Bertz CT molecular complexity index is 364. The lowest BCUT2D eigenvalue weighted by atomic mass is 10.00. The van der Waals surface area contributed by atoms with Crippen molar-refractivity contribution in [2.75, 3.05) is 33.5 Å². The predicted octanol–water partition coefficient (Wildman–Crippen LogP) is 1.76. The average Bonchev–Trinajstić information content (AvgIpc) is 2.46. The zero-order valence-corrected chi connectivity index (χ0v) is 11.0. The number of benzene rings is 1. The molecule has 0 aliphatic carbocycles. The van der Waals surface area contributed by atoms with Gasteiger partial charge in [-0.2, -0.15) is 0 Å². The molecule has 2 rings (SSSR count). The molecule has 100 valence electrons. The van der Waals surface area contributed by atoms with E-state index in [-0.39, 0.29) is 12.1 Å². The van der Waals surface area contributed by atoms with Crippen molar-refractivity contribution in [1.82, 2.24) is 5.32 Å². The molecule has 0 spiro atoms. The number of likely N-dealkylation sites (N-methyl/N-ethyl adjacent to an activating group) is 1. The van der Waals surface area contributed by atoms with Gasteiger partial charge in [0.2, 0.25) is 0 Å². The SMILES string of the molecule is CCNC(c1ccccc1OC)C1COCCO1. The van der Waals surface area contributed by atoms with Crippen molar-refractivity contribution in [2.24, 2.45) is 0 Å². The summed E-state index contributed by atoms with van der Waals surface area (Å²) >= 11 is 0. The van der Waals surface area contributed by atoms with Gasteiger partial charge in [-0.15, -0.1) is 0 Å². The molecule has 0 amide bonds. The van der Waals surface area contributed by atoms with Gasteiger partial charge in [0, 0.05) is 5.56 Å². The van der Waals surface area contributed by atoms with Crippen LogP contribution in [-0.2, 0) is 9.47 Å². The maximum absolute atomic E-state index is 5.80. The number of hydrogen-bond donors (Lipinski definition) is 1. The van der Waals surface area contributed by atoms with Crippen molar-refractivity contribution in [2.45, 2.75) is 19.1 Å². The summed E-state index contributed by atoms with van der Waals surface area (Å²) in [5, 5.41) is 3.46. The molecule has 1 aliphatic heterocycles. The molecule has 2 atom stereocenters. The molecule has 4 heteroatoms. The van der Waals surface area contributed by atoms with Gasteiger partial charge in [-0.3, -0.25) is 0 Å². The number of para-hydroxylation sites is 1. The molecule has 18 heavy (non-hydrogen) atoms. The van der Waals surface area contributed by atoms with Gasteiger partial charge < -0.3 is 19.5 Å². The zero-order valence-electron chi connectivity index (χ0n) is 11.0. The Morgan fingerprint density at radius 3 is 2.89 bits per heavy atom. The maximum Gasteiger partial charge on any atom is 0.123 e. The van der Waals surface area contributed by atoms with Gasteiger partial charge in [-0.25, -0.2) is 0 Å². The van der Waals surface area contributed by atoms with Crippen LogP contribution in [0.3, 0.4) is 0 Å². The summed E-state index contributed by atoms with van der Waals surface area (Å²) in [6.07, 6.45) is 0.0370. The van der Waals surface area contributed by atoms with Crippen molar-refractivity contribution in [3.8, 4) is 5.75 Å². The molecular formula is C14H21NO3. The van der Waals surface area contributed by atoms with Gasteiger partial charge in [-0.05, 0) is 12.6 Å². The van der Waals surface area contributed by atoms with Crippen LogP contribution in [0.4, 0.5) is 0 Å². The standard InChI is InChI=1S/C14H21NO3/c1-3-15-14(13-10-17-8-9-18-13)11-6-4-5-7-12(11)16-2/h4-7,13-15H,3,8-10H2,1-2H3. The van der Waals surface area contributed by atoms with Crippen LogP contribution in [0.5, 0.6) is 5.75 Å². The first kappa shape index (κ1) is 13.3. The summed E-state index contributed by atoms with van der Waals surface area (Å²) < 4.78 is 16.7. The van der Waals surface area contributed by atoms with Gasteiger partial charge in [0.25, 0.3) is 0 Å². The van der Waals surface area contributed by atoms with E-state index in [9.17, 15) is 0 Å². The van der Waals surface area contributed by atoms with E-state index in [1.807, 2.05) is 18.2 Å². The Balaban J connectivity index is 2.22. The van der Waals surface area contributed by atoms with Gasteiger partial charge in [-0.1, -0.05) is 25.1 Å². The largest absolute Gasteiger partial charge is 0.496 e. The van der Waals surface area contributed by atoms with Crippen molar-refractivity contribution in [3.05, 3.63) is 29.8 Å². The van der Waals surface area contributed by atoms with Crippen molar-refractivity contribution in [1.29, 1.82) is 0 Å². The lowest BCUT2D eigenvalue weighted by Crippen LogP contribution is -2.40. The second kappa shape index (κ2) is 6.73. The minimum Gasteiger partial charge on any atom is -0.496 e. The van der Waals surface area contributed by atoms with Gasteiger partial charge in [0.15, 0.2) is 0 Å². The van der Waals surface area contributed by atoms with E-state index >= 15 is 0 Å². The highest BCUT2D eigenvalue weighted by Gasteiger charge is 2.27. The third-order valence-corrected chi connectivity index (χ3v) is 3.11. The Morgan fingerprint density at radius 2 is 2.22 bits per heavy atom. The molecule has 1 aromatic carbocycles. The van der Waals surface area contributed by atoms with E-state index in [2.05, 4.69) is 18.3 Å². The van der Waals surface area contributed by atoms with Crippen molar-refractivity contribution in [3.63, 3.8) is 0 Å². The molecule has 0 radical (unpaired) electrons. The summed E-state index contributed by atoms with van der Waals surface area (Å²) in [5.74, 6) is 0.887. The Morgan fingerprint density at radius 1 is 1.39 bits per heavy atom. The normalized spacial score (nSPS) is 21.6. The monoisotopic (exact) mass is 251 g/mol. The fraction of sp³-hybridized carbons (Fsp3) is 0.571. The Labute approximate surface area is 108 Å². The first-order chi connectivity index (χ1) is 8.86. The van der Waals surface area contributed by atoms with Crippen LogP contribution in [0.1, 0.15) is 18.5 Å². The fourth-order valence-electron chi connectivity index (χ4n) is 2.28. The molecule has 4 nitrogen and oxygen atoms in total. The molecule has 1 saturated heterocycles. The summed E-state index contributed by atoms with van der Waals surface area (Å²) in [4.78, 5) is 0. The van der Waals surface area contributed by atoms with E-state index in [0.717, 1.165) is 17.9 Å². The van der Waals surface area contributed by atoms with E-state index in [0.29, 0.717) is 19.8 Å². The smallest absolute Gasteiger partial charge is 0.123 e. The molecule has 1 aromatic rings. The van der Waals surface area contributed by atoms with Crippen LogP contribution in [0.15, 0.2) is 24.3 Å². The highest BCUT2D eigenvalue weighted by atomic mass is 16.6. The molecule has 0 aromatic heterocycles. The second-order valence-corrected chi connectivity index (χ2v) is 4.26. The number of hydrogen-bond acceptors (Lipinski definition) is 4. The molecule has 0 saturated carbocycles. The summed E-state index contributed by atoms with van der Waals surface area (Å²) in [6, 6.07) is 8.15. The van der Waals surface area contributed by atoms with E-state index in [4.69, 9.17) is 14.2 Å². The van der Waals surface area contributed by atoms with Gasteiger partial charge in [0.05, 0.1) is 33.0 Å². The number of ether oxygens (including phenoxy) is 3. The third kappa shape index (κ3) is 3.02. The summed E-state index contributed by atoms with van der Waals surface area (Å²) in [7, 11) is 1.69. The lowest BCUT2D eigenvalue weighted by molar-refractivity contribution is -0.102. The van der Waals surface area contributed by atoms with E-state index < -0.39 is 0 Å². The van der Waals surface area contributed by atoms with Gasteiger partial charge in [0.1, 0.15) is 11.9 Å². The zero-order chi connectivity index (χ0) is 12.8. The van der Waals surface area contributed by atoms with Crippen LogP contribution in [0.2, 0.25) is 0 Å². The highest BCUT2D eigenvalue weighted by Crippen LogP contribution is 2.29. The molecule has 1 fully saturated rings. The van der Waals surface area contributed by atoms with Crippen LogP contribution >= 0.6 is 0 Å². The minimum absolute atomic E-state index is 0.0370.